The van der Waals surface area contributed by atoms with Crippen LogP contribution in [0.2, 0.25) is 0 Å². The average Bonchev–Trinajstić information content (AvgIpc) is 2.96. The number of carbonyl (C=O) groups is 3. The molecule has 146 valence electrons. The number of benzene rings is 1. The van der Waals surface area contributed by atoms with Crippen LogP contribution < -0.4 is 15.4 Å². The first-order valence-electron chi connectivity index (χ1n) is 8.77. The van der Waals surface area contributed by atoms with Crippen molar-refractivity contribution in [3.05, 3.63) is 29.5 Å². The van der Waals surface area contributed by atoms with Gasteiger partial charge in [-0.05, 0) is 45.9 Å². The van der Waals surface area contributed by atoms with E-state index in [1.54, 1.807) is 39.0 Å². The summed E-state index contributed by atoms with van der Waals surface area (Å²) >= 11 is 0. The highest BCUT2D eigenvalue weighted by atomic mass is 16.5. The zero-order valence-corrected chi connectivity index (χ0v) is 15.9. The molecule has 0 bridgehead atoms. The van der Waals surface area contributed by atoms with E-state index in [0.717, 1.165) is 5.39 Å². The first-order chi connectivity index (χ1) is 12.9. The number of carbonyl (C=O) groups excluding carboxylic acids is 3. The first kappa shape index (κ1) is 20.3. The van der Waals surface area contributed by atoms with Crippen molar-refractivity contribution >= 4 is 28.8 Å². The molecule has 8 nitrogen and oxygen atoms in total. The van der Waals surface area contributed by atoms with Crippen molar-refractivity contribution in [1.29, 1.82) is 0 Å². The maximum absolute atomic E-state index is 12.3. The van der Waals surface area contributed by atoms with Crippen molar-refractivity contribution in [2.45, 2.75) is 33.7 Å². The summed E-state index contributed by atoms with van der Waals surface area (Å²) in [7, 11) is 0. The molecule has 2 rings (SSSR count). The number of furan rings is 1. The fourth-order valence-electron chi connectivity index (χ4n) is 2.52. The molecule has 1 aromatic heterocycles. The lowest BCUT2D eigenvalue weighted by Gasteiger charge is -2.13. The Balaban J connectivity index is 2.00. The molecule has 1 aromatic carbocycles. The second-order valence-corrected chi connectivity index (χ2v) is 5.91. The second-order valence-electron chi connectivity index (χ2n) is 5.91. The lowest BCUT2D eigenvalue weighted by Crippen LogP contribution is -2.46. The number of likely N-dealkylation sites (N-methyl/N-ethyl adjacent to an activating group) is 1. The van der Waals surface area contributed by atoms with Crippen molar-refractivity contribution in [2.75, 3.05) is 19.8 Å². The number of hydrogen-bond acceptors (Lipinski definition) is 6. The molecule has 0 saturated heterocycles. The van der Waals surface area contributed by atoms with Crippen LogP contribution in [0.25, 0.3) is 11.0 Å². The molecule has 0 spiro atoms. The van der Waals surface area contributed by atoms with Crippen molar-refractivity contribution < 1.29 is 28.3 Å². The normalized spacial score (nSPS) is 11.7. The Bertz CT molecular complexity index is 842. The van der Waals surface area contributed by atoms with Gasteiger partial charge in [-0.3, -0.25) is 9.59 Å². The van der Waals surface area contributed by atoms with E-state index in [1.165, 1.54) is 0 Å². The maximum Gasteiger partial charge on any atom is 0.375 e. The fraction of sp³-hybridized carbons (Fsp3) is 0.421. The van der Waals surface area contributed by atoms with E-state index in [2.05, 4.69) is 10.6 Å². The van der Waals surface area contributed by atoms with Crippen LogP contribution in [0.5, 0.6) is 5.75 Å². The molecule has 27 heavy (non-hydrogen) atoms. The summed E-state index contributed by atoms with van der Waals surface area (Å²) in [5, 5.41) is 5.79. The highest BCUT2D eigenvalue weighted by Gasteiger charge is 2.21. The molecule has 0 saturated carbocycles. The zero-order valence-electron chi connectivity index (χ0n) is 15.9. The zero-order chi connectivity index (χ0) is 20.0. The first-order valence-corrected chi connectivity index (χ1v) is 8.77. The number of fused-ring (bicyclic) bond motifs is 1. The summed E-state index contributed by atoms with van der Waals surface area (Å²) in [5.41, 5.74) is 1.13. The van der Waals surface area contributed by atoms with Gasteiger partial charge in [-0.25, -0.2) is 4.79 Å². The minimum atomic E-state index is -0.748. The van der Waals surface area contributed by atoms with Gasteiger partial charge >= 0.3 is 5.97 Å². The third-order valence-corrected chi connectivity index (χ3v) is 3.86. The van der Waals surface area contributed by atoms with Crippen LogP contribution in [-0.4, -0.2) is 43.6 Å². The Morgan fingerprint density at radius 1 is 1.22 bits per heavy atom. The topological polar surface area (TPSA) is 107 Å². The Hall–Kier alpha value is -3.03. The molecule has 2 aromatic rings. The van der Waals surface area contributed by atoms with Crippen molar-refractivity contribution in [3.8, 4) is 5.75 Å². The lowest BCUT2D eigenvalue weighted by atomic mass is 10.1. The molecule has 0 fully saturated rings. The van der Waals surface area contributed by atoms with Gasteiger partial charge in [-0.1, -0.05) is 0 Å². The summed E-state index contributed by atoms with van der Waals surface area (Å²) in [6.45, 7) is 7.42. The molecular weight excluding hydrogens is 352 g/mol. The third-order valence-electron chi connectivity index (χ3n) is 3.86. The molecule has 0 unspecified atom stereocenters. The number of hydrogen-bond donors (Lipinski definition) is 2. The molecule has 2 amide bonds. The van der Waals surface area contributed by atoms with Gasteiger partial charge in [0.05, 0.1) is 6.61 Å². The predicted molar refractivity (Wildman–Crippen MR) is 98.7 cm³/mol. The highest BCUT2D eigenvalue weighted by Crippen LogP contribution is 2.29. The minimum absolute atomic E-state index is 0.0308. The van der Waals surface area contributed by atoms with Crippen LogP contribution in [0, 0.1) is 6.92 Å². The minimum Gasteiger partial charge on any atom is -0.494 e. The molecule has 1 atom stereocenters. The van der Waals surface area contributed by atoms with Crippen LogP contribution in [-0.2, 0) is 14.3 Å². The number of nitrogens with one attached hydrogen (secondary N) is 2. The van der Waals surface area contributed by atoms with Crippen LogP contribution in [0.4, 0.5) is 0 Å². The molecule has 8 heteroatoms. The Labute approximate surface area is 157 Å². The number of ether oxygens (including phenoxy) is 2. The van der Waals surface area contributed by atoms with E-state index in [1.807, 2.05) is 6.92 Å². The molecule has 0 aliphatic rings. The van der Waals surface area contributed by atoms with Crippen molar-refractivity contribution in [2.24, 2.45) is 0 Å². The van der Waals surface area contributed by atoms with E-state index >= 15 is 0 Å². The molecule has 0 aliphatic heterocycles. The van der Waals surface area contributed by atoms with Crippen LogP contribution in [0.15, 0.2) is 22.6 Å². The Morgan fingerprint density at radius 3 is 2.63 bits per heavy atom. The molecule has 0 radical (unpaired) electrons. The van der Waals surface area contributed by atoms with Gasteiger partial charge in [0.1, 0.15) is 17.4 Å². The van der Waals surface area contributed by atoms with Gasteiger partial charge in [-0.15, -0.1) is 0 Å². The van der Waals surface area contributed by atoms with Gasteiger partial charge < -0.3 is 24.5 Å². The van der Waals surface area contributed by atoms with Gasteiger partial charge in [0.2, 0.25) is 11.7 Å². The third kappa shape index (κ3) is 4.99. The highest BCUT2D eigenvalue weighted by molar-refractivity contribution is 5.97. The number of aryl methyl sites for hydroxylation is 1. The monoisotopic (exact) mass is 376 g/mol. The Kier molecular flexibility index (Phi) is 6.81. The fourth-order valence-corrected chi connectivity index (χ4v) is 2.52. The predicted octanol–water partition coefficient (Wildman–Crippen LogP) is 1.94. The van der Waals surface area contributed by atoms with Gasteiger partial charge in [-0.2, -0.15) is 0 Å². The number of rotatable bonds is 8. The van der Waals surface area contributed by atoms with Crippen molar-refractivity contribution in [3.63, 3.8) is 0 Å². The smallest absolute Gasteiger partial charge is 0.375 e. The maximum atomic E-state index is 12.3. The van der Waals surface area contributed by atoms with Crippen molar-refractivity contribution in [1.82, 2.24) is 10.6 Å². The van der Waals surface area contributed by atoms with Gasteiger partial charge in [0.25, 0.3) is 5.91 Å². The average molecular weight is 376 g/mol. The van der Waals surface area contributed by atoms with Gasteiger partial charge in [0.15, 0.2) is 6.61 Å². The van der Waals surface area contributed by atoms with Gasteiger partial charge in [0, 0.05) is 17.5 Å². The van der Waals surface area contributed by atoms with E-state index in [0.29, 0.717) is 30.0 Å². The van der Waals surface area contributed by atoms with Crippen LogP contribution in [0.1, 0.15) is 36.9 Å². The van der Waals surface area contributed by atoms with E-state index in [9.17, 15) is 14.4 Å². The summed E-state index contributed by atoms with van der Waals surface area (Å²) in [6.07, 6.45) is 0. The standard InChI is InChI=1S/C19H24N2O6/c1-5-20-18(23)12(4)21-16(22)10-26-19(24)17-11(3)14-9-13(25-6-2)7-8-15(14)27-17/h7-9,12H,5-6,10H2,1-4H3,(H,20,23)(H,21,22)/t12-/m1/s1. The lowest BCUT2D eigenvalue weighted by molar-refractivity contribution is -0.130. The van der Waals surface area contributed by atoms with E-state index in [4.69, 9.17) is 13.9 Å². The summed E-state index contributed by atoms with van der Waals surface area (Å²) in [6, 6.07) is 4.53. The van der Waals surface area contributed by atoms with Crippen LogP contribution in [0.3, 0.4) is 0 Å². The molecular formula is C19H24N2O6. The van der Waals surface area contributed by atoms with E-state index in [-0.39, 0.29) is 11.7 Å². The largest absolute Gasteiger partial charge is 0.494 e. The van der Waals surface area contributed by atoms with E-state index < -0.39 is 24.5 Å². The molecule has 2 N–H and O–H groups in total. The summed E-state index contributed by atoms with van der Waals surface area (Å²) in [4.78, 5) is 35.7. The molecule has 1 heterocycles. The second kappa shape index (κ2) is 9.07. The Morgan fingerprint density at radius 2 is 1.96 bits per heavy atom. The van der Waals surface area contributed by atoms with Crippen LogP contribution >= 0.6 is 0 Å². The number of esters is 1. The quantitative estimate of drug-likeness (QED) is 0.682. The summed E-state index contributed by atoms with van der Waals surface area (Å²) in [5.74, 6) is -0.928. The number of amides is 2. The summed E-state index contributed by atoms with van der Waals surface area (Å²) < 4.78 is 16.0. The molecule has 0 aliphatic carbocycles. The SMILES string of the molecule is CCNC(=O)[C@@H](C)NC(=O)COC(=O)c1oc2ccc(OCC)cc2c1C.